The molecule has 8 atom stereocenters. The number of rotatable bonds is 7. The molecule has 292 valence electrons. The van der Waals surface area contributed by atoms with Crippen molar-refractivity contribution < 1.29 is 43.0 Å². The van der Waals surface area contributed by atoms with Crippen molar-refractivity contribution in [2.75, 3.05) is 27.2 Å². The van der Waals surface area contributed by atoms with Crippen LogP contribution >= 0.6 is 0 Å². The fourth-order valence-electron chi connectivity index (χ4n) is 7.34. The number of hydrogen-bond acceptors (Lipinski definition) is 9. The molecule has 1 aromatic rings. The molecule has 3 N–H and O–H groups in total. The van der Waals surface area contributed by atoms with E-state index in [-0.39, 0.29) is 31.3 Å². The Morgan fingerprint density at radius 3 is 2.04 bits per heavy atom. The van der Waals surface area contributed by atoms with Gasteiger partial charge in [-0.3, -0.25) is 28.8 Å². The Hall–Kier alpha value is -4.69. The summed E-state index contributed by atoms with van der Waals surface area (Å²) in [5, 5.41) is 8.35. The molecule has 4 rings (SSSR count). The summed E-state index contributed by atoms with van der Waals surface area (Å²) in [5.41, 5.74) is 0.691. The van der Waals surface area contributed by atoms with Crippen molar-refractivity contribution in [3.63, 3.8) is 0 Å². The van der Waals surface area contributed by atoms with E-state index < -0.39 is 83.8 Å². The van der Waals surface area contributed by atoms with Gasteiger partial charge in [0.05, 0.1) is 7.11 Å². The van der Waals surface area contributed by atoms with E-state index >= 15 is 0 Å². The van der Waals surface area contributed by atoms with Crippen molar-refractivity contribution in [3.8, 4) is 5.75 Å². The molecular weight excluding hydrogens is 684 g/mol. The number of cyclic esters (lactones) is 1. The molecule has 3 heterocycles. The standard InChI is InChI=1S/C38H56N6O9/c1-9-22(4)31-34(47)40-30(21(2)3)36(49)44-19-11-13-28(44)35(48)42(7)29(20-25-14-16-26(52-8)17-15-25)38(51)53-23(5)32(39-24(6)45)37(50)43-18-10-12-27(43)33(46)41-31/h14-17,21-23,27-32H,9-13,18-20H2,1-8H3,(H,39,45)(H,40,47)(H,41,46)/t22-,23-,27-,28-,29-,30+,31-,32+/m0/s1. The van der Waals surface area contributed by atoms with Gasteiger partial charge < -0.3 is 40.1 Å². The first-order valence-electron chi connectivity index (χ1n) is 18.7. The summed E-state index contributed by atoms with van der Waals surface area (Å²) >= 11 is 0. The number of nitrogens with zero attached hydrogens (tertiary/aromatic N) is 3. The molecular formula is C38H56N6O9. The molecule has 0 unspecified atom stereocenters. The number of benzene rings is 1. The maximum atomic E-state index is 14.3. The van der Waals surface area contributed by atoms with E-state index in [2.05, 4.69) is 16.0 Å². The average molecular weight is 741 g/mol. The van der Waals surface area contributed by atoms with E-state index in [0.717, 1.165) is 0 Å². The number of nitrogens with one attached hydrogen (secondary N) is 3. The lowest BCUT2D eigenvalue weighted by Crippen LogP contribution is -2.61. The van der Waals surface area contributed by atoms with Gasteiger partial charge in [-0.25, -0.2) is 4.79 Å². The lowest BCUT2D eigenvalue weighted by molar-refractivity contribution is -0.163. The van der Waals surface area contributed by atoms with E-state index in [0.29, 0.717) is 43.4 Å². The van der Waals surface area contributed by atoms with E-state index in [1.807, 2.05) is 13.8 Å². The van der Waals surface area contributed by atoms with Gasteiger partial charge in [-0.1, -0.05) is 46.2 Å². The minimum absolute atomic E-state index is 0.0350. The van der Waals surface area contributed by atoms with Gasteiger partial charge in [0.2, 0.25) is 35.4 Å². The van der Waals surface area contributed by atoms with Crippen LogP contribution in [0.25, 0.3) is 0 Å². The minimum Gasteiger partial charge on any atom is -0.497 e. The number of carbonyl (C=O) groups is 7. The Bertz CT molecular complexity index is 1530. The average Bonchev–Trinajstić information content (AvgIpc) is 3.83. The normalized spacial score (nSPS) is 28.6. The second-order valence-electron chi connectivity index (χ2n) is 14.8. The Balaban J connectivity index is 1.80. The van der Waals surface area contributed by atoms with Crippen LogP contribution in [0.3, 0.4) is 0 Å². The van der Waals surface area contributed by atoms with E-state index in [4.69, 9.17) is 9.47 Å². The third-order valence-corrected chi connectivity index (χ3v) is 10.8. The van der Waals surface area contributed by atoms with E-state index in [9.17, 15) is 33.6 Å². The van der Waals surface area contributed by atoms with Crippen LogP contribution in [-0.4, -0.2) is 126 Å². The van der Waals surface area contributed by atoms with Crippen LogP contribution in [-0.2, 0) is 44.7 Å². The number of amides is 6. The molecule has 0 aromatic heterocycles. The van der Waals surface area contributed by atoms with E-state index in [1.54, 1.807) is 38.1 Å². The van der Waals surface area contributed by atoms with Gasteiger partial charge >= 0.3 is 5.97 Å². The van der Waals surface area contributed by atoms with E-state index in [1.165, 1.54) is 42.7 Å². The molecule has 15 nitrogen and oxygen atoms in total. The number of methoxy groups -OCH3 is 1. The van der Waals surface area contributed by atoms with Crippen LogP contribution < -0.4 is 20.7 Å². The Labute approximate surface area is 311 Å². The summed E-state index contributed by atoms with van der Waals surface area (Å²) in [4.78, 5) is 101. The molecule has 6 amide bonds. The first kappa shape index (κ1) is 41.1. The molecule has 3 saturated heterocycles. The van der Waals surface area contributed by atoms with Gasteiger partial charge in [-0.2, -0.15) is 0 Å². The summed E-state index contributed by atoms with van der Waals surface area (Å²) in [7, 11) is 3.01. The zero-order valence-corrected chi connectivity index (χ0v) is 32.2. The number of likely N-dealkylation sites (N-methyl/N-ethyl adjacent to an activating group) is 1. The van der Waals surface area contributed by atoms with Crippen molar-refractivity contribution in [1.82, 2.24) is 30.7 Å². The summed E-state index contributed by atoms with van der Waals surface area (Å²) in [6.45, 7) is 10.5. The highest BCUT2D eigenvalue weighted by molar-refractivity contribution is 5.97. The van der Waals surface area contributed by atoms with Crippen molar-refractivity contribution in [2.45, 2.75) is 122 Å². The second-order valence-corrected chi connectivity index (χ2v) is 14.8. The molecule has 0 spiro atoms. The highest BCUT2D eigenvalue weighted by Gasteiger charge is 2.45. The van der Waals surface area contributed by atoms with Crippen LogP contribution in [0, 0.1) is 11.8 Å². The van der Waals surface area contributed by atoms with Crippen LogP contribution in [0.15, 0.2) is 24.3 Å². The molecule has 0 bridgehead atoms. The molecule has 1 aromatic carbocycles. The van der Waals surface area contributed by atoms with Gasteiger partial charge in [0.1, 0.15) is 48.1 Å². The number of carbonyl (C=O) groups excluding carboxylic acids is 7. The summed E-state index contributed by atoms with van der Waals surface area (Å²) in [6.07, 6.45) is 1.04. The highest BCUT2D eigenvalue weighted by Crippen LogP contribution is 2.26. The maximum absolute atomic E-state index is 14.3. The predicted molar refractivity (Wildman–Crippen MR) is 194 cm³/mol. The fraction of sp³-hybridized carbons (Fsp3) is 0.658. The Kier molecular flexibility index (Phi) is 13.9. The monoisotopic (exact) mass is 740 g/mol. The third-order valence-electron chi connectivity index (χ3n) is 10.8. The number of fused-ring (bicyclic) bond motifs is 2. The number of ether oxygens (including phenoxy) is 2. The first-order valence-corrected chi connectivity index (χ1v) is 18.7. The Morgan fingerprint density at radius 2 is 1.47 bits per heavy atom. The number of hydrogen-bond donors (Lipinski definition) is 3. The topological polar surface area (TPSA) is 184 Å². The lowest BCUT2D eigenvalue weighted by atomic mass is 9.95. The molecule has 0 saturated carbocycles. The molecule has 3 fully saturated rings. The van der Waals surface area contributed by atoms with Gasteiger partial charge in [-0.15, -0.1) is 0 Å². The maximum Gasteiger partial charge on any atom is 0.329 e. The van der Waals surface area contributed by atoms with Gasteiger partial charge in [0.15, 0.2) is 0 Å². The third kappa shape index (κ3) is 9.46. The Morgan fingerprint density at radius 1 is 0.887 bits per heavy atom. The largest absolute Gasteiger partial charge is 0.497 e. The first-order chi connectivity index (χ1) is 25.1. The van der Waals surface area contributed by atoms with Crippen molar-refractivity contribution in [3.05, 3.63) is 29.8 Å². The lowest BCUT2D eigenvalue weighted by Gasteiger charge is -2.35. The van der Waals surface area contributed by atoms with Crippen molar-refractivity contribution in [2.24, 2.45) is 11.8 Å². The molecule has 15 heteroatoms. The zero-order valence-electron chi connectivity index (χ0n) is 32.2. The molecule has 3 aliphatic rings. The fourth-order valence-corrected chi connectivity index (χ4v) is 7.34. The van der Waals surface area contributed by atoms with Crippen LogP contribution in [0.1, 0.15) is 79.2 Å². The van der Waals surface area contributed by atoms with Crippen LogP contribution in [0.5, 0.6) is 5.75 Å². The second kappa shape index (κ2) is 17.9. The van der Waals surface area contributed by atoms with Gasteiger partial charge in [0.25, 0.3) is 0 Å². The minimum atomic E-state index is -1.35. The molecule has 0 radical (unpaired) electrons. The highest BCUT2D eigenvalue weighted by atomic mass is 16.5. The zero-order chi connectivity index (χ0) is 39.1. The summed E-state index contributed by atoms with van der Waals surface area (Å²) in [6, 6.07) is 0.551. The van der Waals surface area contributed by atoms with Crippen molar-refractivity contribution in [1.29, 1.82) is 0 Å². The molecule has 53 heavy (non-hydrogen) atoms. The molecule has 3 aliphatic heterocycles. The smallest absolute Gasteiger partial charge is 0.329 e. The van der Waals surface area contributed by atoms with Gasteiger partial charge in [0, 0.05) is 33.5 Å². The number of esters is 1. The van der Waals surface area contributed by atoms with Crippen molar-refractivity contribution >= 4 is 41.4 Å². The summed E-state index contributed by atoms with van der Waals surface area (Å²) in [5.74, 6) is -4.09. The quantitative estimate of drug-likeness (QED) is 0.346. The van der Waals surface area contributed by atoms with Crippen LogP contribution in [0.4, 0.5) is 0 Å². The molecule has 0 aliphatic carbocycles. The predicted octanol–water partition coefficient (Wildman–Crippen LogP) is 1.17. The summed E-state index contributed by atoms with van der Waals surface area (Å²) < 4.78 is 11.2. The SMILES string of the molecule is CC[C@H](C)[C@@H]1NC(=O)[C@@H]2CCCN2C(=O)[C@H](NC(C)=O)[C@H](C)OC(=O)[C@H](Cc2ccc(OC)cc2)N(C)C(=O)[C@@H]2CCCN2C(=O)[C@@H](C(C)C)NC1=O. The van der Waals surface area contributed by atoms with Crippen LogP contribution in [0.2, 0.25) is 0 Å². The van der Waals surface area contributed by atoms with Gasteiger partial charge in [-0.05, 0) is 62.1 Å².